The molecule has 3 saturated heterocycles. The van der Waals surface area contributed by atoms with Gasteiger partial charge in [0.05, 0.1) is 30.1 Å². The van der Waals surface area contributed by atoms with Crippen LogP contribution in [-0.4, -0.2) is 73.6 Å². The predicted molar refractivity (Wildman–Crippen MR) is 90.1 cm³/mol. The molecule has 130 valence electrons. The lowest BCUT2D eigenvalue weighted by Crippen LogP contribution is -2.60. The molecular weight excluding hydrogens is 338 g/mol. The summed E-state index contributed by atoms with van der Waals surface area (Å²) < 4.78 is -1.04. The Morgan fingerprint density at radius 1 is 1.52 bits per heavy atom. The molecule has 0 bridgehead atoms. The van der Waals surface area contributed by atoms with Gasteiger partial charge in [-0.1, -0.05) is 0 Å². The Bertz CT molecular complexity index is 506. The fourth-order valence-corrected chi connectivity index (χ4v) is 7.00. The van der Waals surface area contributed by atoms with Crippen molar-refractivity contribution in [3.8, 4) is 0 Å². The number of carboxylic acid groups (broad SMARTS) is 1. The summed E-state index contributed by atoms with van der Waals surface area (Å²) in [6.45, 7) is 5.43. The molecule has 3 heterocycles. The number of carbonyl (C=O) groups excluding carboxylic acids is 1. The maximum atomic E-state index is 12.1. The standard InChI is InChI=1S/C14H23N3O4S2/c1-7(18)10-11(19)17-6-14(13(20)21,23-12(10)17)22-9-3-4-15-8(2)16-5-9/h7-10,12,15-16,18H,3-6H2,1-2H3,(H,20,21)/t7?,8?,9?,10?,12-,14?/m1/s1. The molecule has 0 aliphatic carbocycles. The minimum atomic E-state index is -1.04. The first kappa shape index (κ1) is 17.3. The van der Waals surface area contributed by atoms with Crippen LogP contribution in [0.4, 0.5) is 0 Å². The van der Waals surface area contributed by atoms with E-state index < -0.39 is 22.1 Å². The van der Waals surface area contributed by atoms with E-state index in [-0.39, 0.29) is 29.2 Å². The average molecular weight is 361 g/mol. The molecule has 7 nitrogen and oxygen atoms in total. The van der Waals surface area contributed by atoms with Gasteiger partial charge in [0.2, 0.25) is 5.91 Å². The number of thioether (sulfide) groups is 2. The summed E-state index contributed by atoms with van der Waals surface area (Å²) in [5.74, 6) is -1.49. The topological polar surface area (TPSA) is 102 Å². The van der Waals surface area contributed by atoms with Gasteiger partial charge in [-0.15, -0.1) is 23.5 Å². The zero-order valence-corrected chi connectivity index (χ0v) is 14.8. The quantitative estimate of drug-likeness (QED) is 0.507. The van der Waals surface area contributed by atoms with Gasteiger partial charge in [-0.3, -0.25) is 4.79 Å². The summed E-state index contributed by atoms with van der Waals surface area (Å²) in [5, 5.41) is 26.2. The van der Waals surface area contributed by atoms with E-state index in [1.807, 2.05) is 6.92 Å². The van der Waals surface area contributed by atoms with Crippen LogP contribution in [-0.2, 0) is 9.59 Å². The summed E-state index contributed by atoms with van der Waals surface area (Å²) in [4.78, 5) is 25.7. The van der Waals surface area contributed by atoms with Gasteiger partial charge < -0.3 is 25.7 Å². The van der Waals surface area contributed by atoms with Crippen LogP contribution >= 0.6 is 23.5 Å². The summed E-state index contributed by atoms with van der Waals surface area (Å²) >= 11 is 2.77. The largest absolute Gasteiger partial charge is 0.480 e. The van der Waals surface area contributed by atoms with E-state index in [9.17, 15) is 19.8 Å². The van der Waals surface area contributed by atoms with Crippen LogP contribution in [0.25, 0.3) is 0 Å². The van der Waals surface area contributed by atoms with Crippen molar-refractivity contribution in [2.24, 2.45) is 5.92 Å². The third kappa shape index (κ3) is 3.09. The van der Waals surface area contributed by atoms with Gasteiger partial charge in [0.25, 0.3) is 0 Å². The van der Waals surface area contributed by atoms with Crippen LogP contribution < -0.4 is 10.6 Å². The SMILES string of the molecule is CC1NCCC(SC2(C(=O)O)CN3C(=O)C(C(C)O)[C@H]3S2)CN1. The smallest absolute Gasteiger partial charge is 0.332 e. The van der Waals surface area contributed by atoms with E-state index in [4.69, 9.17) is 0 Å². The molecule has 3 rings (SSSR count). The lowest BCUT2D eigenvalue weighted by Gasteiger charge is -2.42. The molecule has 0 saturated carbocycles. The highest BCUT2D eigenvalue weighted by molar-refractivity contribution is 8.20. The Labute approximate surface area is 143 Å². The van der Waals surface area contributed by atoms with Gasteiger partial charge in [-0.05, 0) is 26.8 Å². The Morgan fingerprint density at radius 2 is 2.26 bits per heavy atom. The molecule has 6 atom stereocenters. The first-order valence-electron chi connectivity index (χ1n) is 7.88. The molecule has 0 aromatic rings. The van der Waals surface area contributed by atoms with E-state index in [0.717, 1.165) is 19.5 Å². The van der Waals surface area contributed by atoms with E-state index >= 15 is 0 Å². The number of carbonyl (C=O) groups is 2. The van der Waals surface area contributed by atoms with Crippen LogP contribution in [0.15, 0.2) is 0 Å². The number of aliphatic hydroxyl groups excluding tert-OH is 1. The zero-order valence-electron chi connectivity index (χ0n) is 13.2. The highest BCUT2D eigenvalue weighted by Gasteiger charge is 2.63. The molecule has 0 radical (unpaired) electrons. The molecule has 3 aliphatic rings. The van der Waals surface area contributed by atoms with Crippen molar-refractivity contribution in [2.45, 2.75) is 47.2 Å². The molecule has 4 N–H and O–H groups in total. The number of carboxylic acids is 1. The van der Waals surface area contributed by atoms with Crippen LogP contribution in [0.5, 0.6) is 0 Å². The Morgan fingerprint density at radius 3 is 2.91 bits per heavy atom. The second-order valence-electron chi connectivity index (χ2n) is 6.41. The number of fused-ring (bicyclic) bond motifs is 1. The molecule has 0 aromatic heterocycles. The summed E-state index contributed by atoms with van der Waals surface area (Å²) in [6, 6.07) is 0. The number of amides is 1. The number of nitrogens with zero attached hydrogens (tertiary/aromatic N) is 1. The van der Waals surface area contributed by atoms with E-state index in [1.54, 1.807) is 11.8 Å². The lowest BCUT2D eigenvalue weighted by atomic mass is 9.93. The highest BCUT2D eigenvalue weighted by Crippen LogP contribution is 2.56. The first-order valence-corrected chi connectivity index (χ1v) is 9.64. The number of aliphatic carboxylic acids is 1. The minimum absolute atomic E-state index is 0.129. The third-order valence-corrected chi connectivity index (χ3v) is 8.11. The number of rotatable bonds is 4. The first-order chi connectivity index (χ1) is 10.8. The van der Waals surface area contributed by atoms with Gasteiger partial charge >= 0.3 is 5.97 Å². The predicted octanol–water partition coefficient (Wildman–Crippen LogP) is -0.290. The Balaban J connectivity index is 1.72. The van der Waals surface area contributed by atoms with Crippen molar-refractivity contribution in [1.82, 2.24) is 15.5 Å². The lowest BCUT2D eigenvalue weighted by molar-refractivity contribution is -0.155. The van der Waals surface area contributed by atoms with Crippen molar-refractivity contribution < 1.29 is 19.8 Å². The molecule has 9 heteroatoms. The van der Waals surface area contributed by atoms with Gasteiger partial charge in [-0.25, -0.2) is 4.79 Å². The molecule has 1 amide bonds. The van der Waals surface area contributed by atoms with Crippen LogP contribution in [0.1, 0.15) is 20.3 Å². The monoisotopic (exact) mass is 361 g/mol. The van der Waals surface area contributed by atoms with Crippen molar-refractivity contribution in [2.75, 3.05) is 19.6 Å². The van der Waals surface area contributed by atoms with Gasteiger partial charge in [-0.2, -0.15) is 0 Å². The van der Waals surface area contributed by atoms with Gasteiger partial charge in [0, 0.05) is 11.8 Å². The van der Waals surface area contributed by atoms with Crippen molar-refractivity contribution in [1.29, 1.82) is 0 Å². The van der Waals surface area contributed by atoms with Gasteiger partial charge in [0.15, 0.2) is 4.08 Å². The van der Waals surface area contributed by atoms with Crippen LogP contribution in [0, 0.1) is 5.92 Å². The Kier molecular flexibility index (Phi) is 4.85. The van der Waals surface area contributed by atoms with Crippen LogP contribution in [0.2, 0.25) is 0 Å². The molecule has 3 aliphatic heterocycles. The van der Waals surface area contributed by atoms with Crippen molar-refractivity contribution in [3.05, 3.63) is 0 Å². The summed E-state index contributed by atoms with van der Waals surface area (Å²) in [6.07, 6.45) is 0.366. The number of nitrogens with one attached hydrogen (secondary N) is 2. The van der Waals surface area contributed by atoms with Crippen LogP contribution in [0.3, 0.4) is 0 Å². The zero-order chi connectivity index (χ0) is 16.8. The minimum Gasteiger partial charge on any atom is -0.480 e. The van der Waals surface area contributed by atoms with Crippen molar-refractivity contribution >= 4 is 35.4 Å². The molecule has 3 fully saturated rings. The fourth-order valence-electron chi connectivity index (χ4n) is 3.30. The summed E-state index contributed by atoms with van der Waals surface area (Å²) in [7, 11) is 0. The number of β-lactam (4-membered cyclic amide) rings is 1. The molecule has 23 heavy (non-hydrogen) atoms. The second-order valence-corrected chi connectivity index (χ2v) is 9.68. The second kappa shape index (κ2) is 6.44. The van der Waals surface area contributed by atoms with Crippen molar-refractivity contribution in [3.63, 3.8) is 0 Å². The average Bonchev–Trinajstić information content (AvgIpc) is 2.66. The Hall–Kier alpha value is -0.480. The molecule has 0 aromatic carbocycles. The maximum absolute atomic E-state index is 12.1. The maximum Gasteiger partial charge on any atom is 0.332 e. The van der Waals surface area contributed by atoms with Gasteiger partial charge in [0.1, 0.15) is 0 Å². The highest BCUT2D eigenvalue weighted by atomic mass is 32.2. The molecule has 5 unspecified atom stereocenters. The molecule has 0 spiro atoms. The third-order valence-electron chi connectivity index (χ3n) is 4.64. The molecular formula is C14H23N3O4S2. The number of hydrogen-bond acceptors (Lipinski definition) is 7. The van der Waals surface area contributed by atoms with E-state index in [0.29, 0.717) is 0 Å². The summed E-state index contributed by atoms with van der Waals surface area (Å²) in [5.41, 5.74) is 0. The van der Waals surface area contributed by atoms with E-state index in [1.165, 1.54) is 23.5 Å². The number of hydrogen-bond donors (Lipinski definition) is 4. The van der Waals surface area contributed by atoms with E-state index in [2.05, 4.69) is 10.6 Å². The fraction of sp³-hybridized carbons (Fsp3) is 0.857. The normalized spacial score (nSPS) is 41.9. The number of aliphatic hydroxyl groups is 1.